The molecule has 0 radical (unpaired) electrons. The molecule has 1 rings (SSSR count). The lowest BCUT2D eigenvalue weighted by Crippen LogP contribution is -2.25. The van der Waals surface area contributed by atoms with Gasteiger partial charge in [0.1, 0.15) is 0 Å². The first-order chi connectivity index (χ1) is 9.04. The number of carboxylic acid groups (broad SMARTS) is 1. The summed E-state index contributed by atoms with van der Waals surface area (Å²) in [4.78, 5) is 10.9. The Bertz CT molecular complexity index is 409. The third kappa shape index (κ3) is 5.62. The summed E-state index contributed by atoms with van der Waals surface area (Å²) in [5, 5.41) is 9.77. The summed E-state index contributed by atoms with van der Waals surface area (Å²) >= 11 is 6.09. The second-order valence-electron chi connectivity index (χ2n) is 5.10. The summed E-state index contributed by atoms with van der Waals surface area (Å²) in [6.07, 6.45) is 3.59. The van der Waals surface area contributed by atoms with E-state index in [9.17, 15) is 4.79 Å². The number of nitrogens with two attached hydrogens (primary N) is 1. The van der Waals surface area contributed by atoms with Crippen LogP contribution < -0.4 is 5.73 Å². The summed E-state index contributed by atoms with van der Waals surface area (Å²) < 4.78 is 0. The van der Waals surface area contributed by atoms with Crippen molar-refractivity contribution in [1.82, 2.24) is 0 Å². The van der Waals surface area contributed by atoms with Gasteiger partial charge in [-0.05, 0) is 36.8 Å². The summed E-state index contributed by atoms with van der Waals surface area (Å²) in [5.74, 6) is -0.845. The zero-order chi connectivity index (χ0) is 14.3. The quantitative estimate of drug-likeness (QED) is 0.769. The minimum Gasteiger partial charge on any atom is -0.481 e. The van der Waals surface area contributed by atoms with E-state index in [0.29, 0.717) is 12.3 Å². The largest absolute Gasteiger partial charge is 0.481 e. The van der Waals surface area contributed by atoms with Gasteiger partial charge in [0.25, 0.3) is 0 Å². The smallest absolute Gasteiger partial charge is 0.307 e. The van der Waals surface area contributed by atoms with Crippen LogP contribution in [0.15, 0.2) is 24.3 Å². The van der Waals surface area contributed by atoms with Crippen LogP contribution >= 0.6 is 11.6 Å². The van der Waals surface area contributed by atoms with E-state index in [2.05, 4.69) is 6.92 Å². The number of benzene rings is 1. The fraction of sp³-hybridized carbons (Fsp3) is 0.533. The van der Waals surface area contributed by atoms with Crippen LogP contribution in [0.1, 0.15) is 31.7 Å². The first-order valence-corrected chi connectivity index (χ1v) is 7.08. The maximum absolute atomic E-state index is 10.9. The highest BCUT2D eigenvalue weighted by molar-refractivity contribution is 6.31. The standard InChI is InChI=1S/C15H22ClNO2/c1-11(9-13(10-17)15(18)19)5-4-7-12-6-2-3-8-14(12)16/h2-3,6,8,11,13H,4-5,7,9-10,17H2,1H3,(H,18,19). The zero-order valence-electron chi connectivity index (χ0n) is 11.3. The summed E-state index contributed by atoms with van der Waals surface area (Å²) in [6, 6.07) is 7.84. The molecule has 19 heavy (non-hydrogen) atoms. The average Bonchev–Trinajstić information content (AvgIpc) is 2.38. The number of halogens is 1. The van der Waals surface area contributed by atoms with E-state index < -0.39 is 11.9 Å². The van der Waals surface area contributed by atoms with Crippen LogP contribution in [-0.4, -0.2) is 17.6 Å². The van der Waals surface area contributed by atoms with Crippen LogP contribution in [0.3, 0.4) is 0 Å². The first kappa shape index (κ1) is 16.0. The van der Waals surface area contributed by atoms with Gasteiger partial charge in [-0.25, -0.2) is 0 Å². The molecule has 0 spiro atoms. The lowest BCUT2D eigenvalue weighted by molar-refractivity contribution is -0.141. The summed E-state index contributed by atoms with van der Waals surface area (Å²) in [7, 11) is 0. The number of carboxylic acids is 1. The molecule has 2 atom stereocenters. The number of rotatable bonds is 8. The Morgan fingerprint density at radius 2 is 2.11 bits per heavy atom. The van der Waals surface area contributed by atoms with Crippen molar-refractivity contribution in [2.75, 3.05) is 6.54 Å². The second-order valence-corrected chi connectivity index (χ2v) is 5.50. The molecular formula is C15H22ClNO2. The molecule has 3 N–H and O–H groups in total. The topological polar surface area (TPSA) is 63.3 Å². The lowest BCUT2D eigenvalue weighted by Gasteiger charge is -2.16. The Labute approximate surface area is 119 Å². The monoisotopic (exact) mass is 283 g/mol. The Hall–Kier alpha value is -1.06. The third-order valence-corrected chi connectivity index (χ3v) is 3.79. The van der Waals surface area contributed by atoms with Crippen LogP contribution in [0.5, 0.6) is 0 Å². The van der Waals surface area contributed by atoms with Gasteiger partial charge in [-0.3, -0.25) is 4.79 Å². The fourth-order valence-electron chi connectivity index (χ4n) is 2.24. The third-order valence-electron chi connectivity index (χ3n) is 3.42. The lowest BCUT2D eigenvalue weighted by atomic mass is 9.91. The first-order valence-electron chi connectivity index (χ1n) is 6.70. The molecule has 0 saturated carbocycles. The average molecular weight is 284 g/mol. The van der Waals surface area contributed by atoms with Crippen LogP contribution in [0, 0.1) is 11.8 Å². The molecule has 0 aromatic heterocycles. The van der Waals surface area contributed by atoms with Gasteiger partial charge in [0.15, 0.2) is 0 Å². The molecule has 0 aliphatic heterocycles. The van der Waals surface area contributed by atoms with Gasteiger partial charge in [-0.1, -0.05) is 43.1 Å². The van der Waals surface area contributed by atoms with E-state index in [1.54, 1.807) is 0 Å². The number of hydrogen-bond donors (Lipinski definition) is 2. The van der Waals surface area contributed by atoms with Crippen molar-refractivity contribution >= 4 is 17.6 Å². The van der Waals surface area contributed by atoms with Crippen LogP contribution in [0.4, 0.5) is 0 Å². The maximum Gasteiger partial charge on any atom is 0.307 e. The highest BCUT2D eigenvalue weighted by Gasteiger charge is 2.18. The van der Waals surface area contributed by atoms with Gasteiger partial charge in [-0.15, -0.1) is 0 Å². The van der Waals surface area contributed by atoms with Crippen LogP contribution in [0.25, 0.3) is 0 Å². The molecule has 1 aromatic carbocycles. The maximum atomic E-state index is 10.9. The molecule has 4 heteroatoms. The second kappa shape index (κ2) is 8.18. The van der Waals surface area contributed by atoms with Gasteiger partial charge >= 0.3 is 5.97 Å². The Morgan fingerprint density at radius 1 is 1.42 bits per heavy atom. The number of aliphatic carboxylic acids is 1. The van der Waals surface area contributed by atoms with Crippen molar-refractivity contribution in [1.29, 1.82) is 0 Å². The molecule has 0 amide bonds. The summed E-state index contributed by atoms with van der Waals surface area (Å²) in [6.45, 7) is 2.29. The number of aryl methyl sites for hydroxylation is 1. The van der Waals surface area contributed by atoms with Crippen molar-refractivity contribution in [3.63, 3.8) is 0 Å². The molecule has 0 aliphatic carbocycles. The van der Waals surface area contributed by atoms with E-state index in [-0.39, 0.29) is 6.54 Å². The van der Waals surface area contributed by atoms with Gasteiger partial charge in [-0.2, -0.15) is 0 Å². The van der Waals surface area contributed by atoms with Crippen LogP contribution in [0.2, 0.25) is 5.02 Å². The number of hydrogen-bond acceptors (Lipinski definition) is 2. The molecule has 0 aliphatic rings. The molecule has 0 fully saturated rings. The van der Waals surface area contributed by atoms with Gasteiger partial charge in [0, 0.05) is 11.6 Å². The molecular weight excluding hydrogens is 262 g/mol. The highest BCUT2D eigenvalue weighted by Crippen LogP contribution is 2.21. The van der Waals surface area contributed by atoms with E-state index in [1.165, 1.54) is 0 Å². The highest BCUT2D eigenvalue weighted by atomic mass is 35.5. The molecule has 0 heterocycles. The Balaban J connectivity index is 2.33. The molecule has 3 nitrogen and oxygen atoms in total. The normalized spacial score (nSPS) is 14.1. The molecule has 106 valence electrons. The Morgan fingerprint density at radius 3 is 2.68 bits per heavy atom. The van der Waals surface area contributed by atoms with Crippen LogP contribution in [-0.2, 0) is 11.2 Å². The van der Waals surface area contributed by atoms with E-state index in [4.69, 9.17) is 22.4 Å². The van der Waals surface area contributed by atoms with Crippen molar-refractivity contribution in [3.05, 3.63) is 34.9 Å². The van der Waals surface area contributed by atoms with Gasteiger partial charge in [0.2, 0.25) is 0 Å². The molecule has 0 bridgehead atoms. The minimum atomic E-state index is -0.791. The minimum absolute atomic E-state index is 0.212. The molecule has 2 unspecified atom stereocenters. The van der Waals surface area contributed by atoms with E-state index in [0.717, 1.165) is 29.8 Å². The van der Waals surface area contributed by atoms with Gasteiger partial charge < -0.3 is 10.8 Å². The number of carbonyl (C=O) groups is 1. The van der Waals surface area contributed by atoms with Gasteiger partial charge in [0.05, 0.1) is 5.92 Å². The molecule has 0 saturated heterocycles. The van der Waals surface area contributed by atoms with Crippen molar-refractivity contribution < 1.29 is 9.90 Å². The van der Waals surface area contributed by atoms with Crippen molar-refractivity contribution in [2.45, 2.75) is 32.6 Å². The fourth-order valence-corrected chi connectivity index (χ4v) is 2.47. The Kier molecular flexibility index (Phi) is 6.89. The summed E-state index contributed by atoms with van der Waals surface area (Å²) in [5.41, 5.74) is 6.62. The van der Waals surface area contributed by atoms with E-state index in [1.807, 2.05) is 24.3 Å². The predicted octanol–water partition coefficient (Wildman–Crippen LogP) is 3.35. The molecule has 1 aromatic rings. The van der Waals surface area contributed by atoms with Crippen molar-refractivity contribution in [2.24, 2.45) is 17.6 Å². The van der Waals surface area contributed by atoms with Crippen molar-refractivity contribution in [3.8, 4) is 0 Å². The SMILES string of the molecule is CC(CCCc1ccccc1Cl)CC(CN)C(=O)O. The zero-order valence-corrected chi connectivity index (χ0v) is 12.1. The predicted molar refractivity (Wildman–Crippen MR) is 78.4 cm³/mol. The van der Waals surface area contributed by atoms with E-state index >= 15 is 0 Å².